The molecule has 9 heteroatoms. The molecule has 2 aliphatic rings. The molecule has 0 radical (unpaired) electrons. The number of hydrogen-bond donors (Lipinski definition) is 1. The Kier molecular flexibility index (Phi) is 12.6. The van der Waals surface area contributed by atoms with Crippen LogP contribution in [0.15, 0.2) is 60.8 Å². The Morgan fingerprint density at radius 2 is 1.41 bits per heavy atom. The van der Waals surface area contributed by atoms with E-state index in [9.17, 15) is 18.0 Å². The SMILES string of the molecule is COc1cc(C(=O)Nc2cccc(-c3cccc(/C=C/c4cc(C(C)C)c(CN5CCCCC5)cc4C(F)(F)F)c3C)c2C)ncc1CN1CCCCC1. The summed E-state index contributed by atoms with van der Waals surface area (Å²) in [5.41, 5.74) is 7.62. The van der Waals surface area contributed by atoms with Gasteiger partial charge in [-0.2, -0.15) is 13.2 Å². The highest BCUT2D eigenvalue weighted by Gasteiger charge is 2.34. The molecule has 2 saturated heterocycles. The minimum absolute atomic E-state index is 0.0849. The van der Waals surface area contributed by atoms with Crippen LogP contribution in [-0.2, 0) is 19.3 Å². The van der Waals surface area contributed by atoms with Crippen LogP contribution in [0.2, 0.25) is 0 Å². The molecule has 1 amide bonds. The van der Waals surface area contributed by atoms with Crippen molar-refractivity contribution in [1.82, 2.24) is 14.8 Å². The number of ether oxygens (including phenoxy) is 1. The number of likely N-dealkylation sites (tertiary alicyclic amines) is 2. The highest BCUT2D eigenvalue weighted by atomic mass is 19.4. The van der Waals surface area contributed by atoms with E-state index in [1.807, 2.05) is 64.1 Å². The van der Waals surface area contributed by atoms with Gasteiger partial charge in [0.25, 0.3) is 5.91 Å². The van der Waals surface area contributed by atoms with Gasteiger partial charge in [0, 0.05) is 36.6 Å². The number of piperidine rings is 2. The third-order valence-corrected chi connectivity index (χ3v) is 11.0. The molecule has 6 nitrogen and oxygen atoms in total. The third kappa shape index (κ3) is 9.24. The van der Waals surface area contributed by atoms with Crippen molar-refractivity contribution in [1.29, 1.82) is 0 Å². The van der Waals surface area contributed by atoms with Crippen molar-refractivity contribution in [3.8, 4) is 16.9 Å². The number of benzene rings is 3. The van der Waals surface area contributed by atoms with Crippen LogP contribution in [0.1, 0.15) is 113 Å². The van der Waals surface area contributed by atoms with Crippen molar-refractivity contribution in [2.24, 2.45) is 0 Å². The largest absolute Gasteiger partial charge is 0.496 e. The zero-order chi connectivity index (χ0) is 38.4. The summed E-state index contributed by atoms with van der Waals surface area (Å²) in [4.78, 5) is 22.6. The Hall–Kier alpha value is -4.47. The van der Waals surface area contributed by atoms with Gasteiger partial charge in [-0.1, -0.05) is 75.2 Å². The van der Waals surface area contributed by atoms with Gasteiger partial charge in [-0.15, -0.1) is 0 Å². The molecule has 0 aliphatic carbocycles. The lowest BCUT2D eigenvalue weighted by Crippen LogP contribution is -2.29. The number of carbonyl (C=O) groups excluding carboxylic acids is 1. The van der Waals surface area contributed by atoms with E-state index in [2.05, 4.69) is 20.1 Å². The zero-order valence-electron chi connectivity index (χ0n) is 32.3. The van der Waals surface area contributed by atoms with Crippen molar-refractivity contribution in [2.75, 3.05) is 38.6 Å². The summed E-state index contributed by atoms with van der Waals surface area (Å²) < 4.78 is 49.4. The smallest absolute Gasteiger partial charge is 0.416 e. The first kappa shape index (κ1) is 39.2. The fourth-order valence-electron chi connectivity index (χ4n) is 7.91. The van der Waals surface area contributed by atoms with Crippen LogP contribution < -0.4 is 10.1 Å². The summed E-state index contributed by atoms with van der Waals surface area (Å²) in [7, 11) is 1.61. The molecule has 54 heavy (non-hydrogen) atoms. The first-order valence-electron chi connectivity index (χ1n) is 19.3. The Balaban J connectivity index is 1.25. The van der Waals surface area contributed by atoms with Gasteiger partial charge in [0.15, 0.2) is 0 Å². The number of amides is 1. The van der Waals surface area contributed by atoms with E-state index in [4.69, 9.17) is 4.74 Å². The Morgan fingerprint density at radius 1 is 0.815 bits per heavy atom. The van der Waals surface area contributed by atoms with Gasteiger partial charge in [-0.3, -0.25) is 19.6 Å². The van der Waals surface area contributed by atoms with E-state index in [0.717, 1.165) is 90.1 Å². The number of methoxy groups -OCH3 is 1. The number of carbonyl (C=O) groups is 1. The summed E-state index contributed by atoms with van der Waals surface area (Å²) in [6, 6.07) is 16.4. The van der Waals surface area contributed by atoms with Crippen LogP contribution in [0.5, 0.6) is 5.75 Å². The Labute approximate surface area is 318 Å². The van der Waals surface area contributed by atoms with E-state index >= 15 is 0 Å². The predicted octanol–water partition coefficient (Wildman–Crippen LogP) is 10.9. The quantitative estimate of drug-likeness (QED) is 0.155. The molecule has 2 fully saturated rings. The number of halogens is 3. The summed E-state index contributed by atoms with van der Waals surface area (Å²) in [5, 5.41) is 3.04. The standard InChI is InChI=1S/C45H53F3N4O2/c1-30(2)39-24-34(40(45(46,47)48)25-35(39)28-51-20-8-6-9-21-51)19-18-33-14-12-15-37(31(33)3)38-16-13-17-41(32(38)4)50-44(53)42-26-43(54-5)36(27-49-42)29-52-22-10-7-11-23-52/h12-19,24-27,30H,6-11,20-23,28-29H2,1-5H3,(H,50,53)/b19-18+. The molecule has 4 aromatic rings. The fraction of sp³-hybridized carbons (Fsp3) is 0.422. The predicted molar refractivity (Wildman–Crippen MR) is 213 cm³/mol. The second kappa shape index (κ2) is 17.3. The molecule has 286 valence electrons. The number of pyridine rings is 1. The molecule has 1 aromatic heterocycles. The second-order valence-corrected chi connectivity index (χ2v) is 15.1. The topological polar surface area (TPSA) is 57.7 Å². The maximum Gasteiger partial charge on any atom is 0.416 e. The summed E-state index contributed by atoms with van der Waals surface area (Å²) in [6.45, 7) is 13.2. The second-order valence-electron chi connectivity index (χ2n) is 15.1. The molecule has 0 spiro atoms. The lowest BCUT2D eigenvalue weighted by molar-refractivity contribution is -0.137. The van der Waals surface area contributed by atoms with Crippen LogP contribution >= 0.6 is 0 Å². The minimum atomic E-state index is -4.49. The number of hydrogen-bond acceptors (Lipinski definition) is 5. The molecule has 2 aliphatic heterocycles. The fourth-order valence-corrected chi connectivity index (χ4v) is 7.91. The lowest BCUT2D eigenvalue weighted by Gasteiger charge is -2.28. The number of nitrogens with zero attached hydrogens (tertiary/aromatic N) is 3. The van der Waals surface area contributed by atoms with E-state index < -0.39 is 11.7 Å². The summed E-state index contributed by atoms with van der Waals surface area (Å²) in [6.07, 6.45) is 7.61. The molecule has 6 rings (SSSR count). The number of alkyl halides is 3. The number of rotatable bonds is 11. The van der Waals surface area contributed by atoms with E-state index in [0.29, 0.717) is 18.0 Å². The van der Waals surface area contributed by atoms with Crippen LogP contribution in [-0.4, -0.2) is 54.0 Å². The lowest BCUT2D eigenvalue weighted by atomic mass is 9.90. The van der Waals surface area contributed by atoms with Crippen molar-refractivity contribution < 1.29 is 22.7 Å². The van der Waals surface area contributed by atoms with Crippen molar-refractivity contribution in [3.63, 3.8) is 0 Å². The summed E-state index contributed by atoms with van der Waals surface area (Å²) >= 11 is 0. The Morgan fingerprint density at radius 3 is 2.02 bits per heavy atom. The van der Waals surface area contributed by atoms with Gasteiger partial charge in [0.05, 0.1) is 12.7 Å². The van der Waals surface area contributed by atoms with Gasteiger partial charge in [-0.05, 0) is 128 Å². The molecule has 0 saturated carbocycles. The van der Waals surface area contributed by atoms with E-state index in [-0.39, 0.29) is 23.1 Å². The number of nitrogens with one attached hydrogen (secondary N) is 1. The van der Waals surface area contributed by atoms with Crippen LogP contribution in [0.25, 0.3) is 23.3 Å². The highest BCUT2D eigenvalue weighted by Crippen LogP contribution is 2.38. The number of anilines is 1. The summed E-state index contributed by atoms with van der Waals surface area (Å²) in [5.74, 6) is 0.388. The van der Waals surface area contributed by atoms with Gasteiger partial charge >= 0.3 is 6.18 Å². The van der Waals surface area contributed by atoms with Crippen LogP contribution in [0, 0.1) is 13.8 Å². The maximum absolute atomic E-state index is 14.6. The van der Waals surface area contributed by atoms with Crippen molar-refractivity contribution in [3.05, 3.63) is 111 Å². The van der Waals surface area contributed by atoms with Gasteiger partial charge in [0.1, 0.15) is 11.4 Å². The van der Waals surface area contributed by atoms with Crippen molar-refractivity contribution in [2.45, 2.75) is 91.4 Å². The highest BCUT2D eigenvalue weighted by molar-refractivity contribution is 6.04. The molecule has 0 unspecified atom stereocenters. The van der Waals surface area contributed by atoms with Gasteiger partial charge in [0.2, 0.25) is 0 Å². The van der Waals surface area contributed by atoms with Gasteiger partial charge in [-0.25, -0.2) is 0 Å². The van der Waals surface area contributed by atoms with Crippen molar-refractivity contribution >= 4 is 23.7 Å². The molecule has 1 N–H and O–H groups in total. The average molecular weight is 739 g/mol. The third-order valence-electron chi connectivity index (χ3n) is 11.0. The zero-order valence-corrected chi connectivity index (χ0v) is 32.3. The molecule has 0 bridgehead atoms. The van der Waals surface area contributed by atoms with Crippen LogP contribution in [0.3, 0.4) is 0 Å². The molecule has 3 heterocycles. The normalized spacial score (nSPS) is 15.9. The first-order chi connectivity index (χ1) is 25.9. The monoisotopic (exact) mass is 738 g/mol. The Bertz CT molecular complexity index is 1970. The number of aromatic nitrogens is 1. The average Bonchev–Trinajstić information content (AvgIpc) is 3.16. The minimum Gasteiger partial charge on any atom is -0.496 e. The molecular weight excluding hydrogens is 686 g/mol. The van der Waals surface area contributed by atoms with Crippen LogP contribution in [0.4, 0.5) is 18.9 Å². The molecule has 3 aromatic carbocycles. The van der Waals surface area contributed by atoms with E-state index in [1.165, 1.54) is 31.7 Å². The maximum atomic E-state index is 14.6. The molecular formula is C45H53F3N4O2. The molecule has 0 atom stereocenters. The van der Waals surface area contributed by atoms with Gasteiger partial charge < -0.3 is 10.1 Å². The van der Waals surface area contributed by atoms with E-state index in [1.54, 1.807) is 37.6 Å². The first-order valence-corrected chi connectivity index (χ1v) is 19.3.